The summed E-state index contributed by atoms with van der Waals surface area (Å²) < 4.78 is 39.4. The molecule has 0 N–H and O–H groups in total. The predicted molar refractivity (Wildman–Crippen MR) is 110 cm³/mol. The number of aryl methyl sites for hydroxylation is 2. The molecule has 2 fully saturated rings. The molecule has 0 unspecified atom stereocenters. The van der Waals surface area contributed by atoms with E-state index in [4.69, 9.17) is 9.15 Å². The highest BCUT2D eigenvalue weighted by Crippen LogP contribution is 2.24. The molecule has 0 bridgehead atoms. The molecule has 2 saturated heterocycles. The van der Waals surface area contributed by atoms with Crippen LogP contribution < -0.4 is 5.63 Å². The number of nitrogens with zero attached hydrogens (tertiary/aromatic N) is 3. The summed E-state index contributed by atoms with van der Waals surface area (Å²) in [6.07, 6.45) is 0. The maximum absolute atomic E-state index is 12.8. The minimum Gasteiger partial charge on any atom is -0.422 e. The van der Waals surface area contributed by atoms with Crippen molar-refractivity contribution < 1.29 is 17.6 Å². The van der Waals surface area contributed by atoms with Crippen LogP contribution in [-0.2, 0) is 21.5 Å². The molecule has 2 aromatic rings. The molecule has 0 amide bonds. The number of hydrogen-bond donors (Lipinski definition) is 0. The lowest BCUT2D eigenvalue weighted by Gasteiger charge is -2.37. The van der Waals surface area contributed by atoms with Crippen LogP contribution in [0.4, 0.5) is 0 Å². The second-order valence-electron chi connectivity index (χ2n) is 7.74. The van der Waals surface area contributed by atoms with Gasteiger partial charge in [-0.3, -0.25) is 4.90 Å². The zero-order valence-electron chi connectivity index (χ0n) is 16.9. The number of morpholine rings is 1. The Morgan fingerprint density at radius 1 is 0.931 bits per heavy atom. The Morgan fingerprint density at radius 3 is 2.28 bits per heavy atom. The number of ether oxygens (including phenoxy) is 1. The van der Waals surface area contributed by atoms with Gasteiger partial charge in [-0.15, -0.1) is 0 Å². The first-order chi connectivity index (χ1) is 13.8. The SMILES string of the molecule is Cc1cc(C)c2oc(=O)cc(CN3CCN(S(=O)(=O)N4CCOCC4)CC3)c2c1. The standard InChI is InChI=1S/C20H27N3O5S/c1-15-11-16(2)20-18(12-15)17(13-19(24)28-20)14-21-3-5-22(6-4-21)29(25,26)23-7-9-27-10-8-23/h11-13H,3-10,14H2,1-2H3. The minimum absolute atomic E-state index is 0.354. The monoisotopic (exact) mass is 421 g/mol. The third-order valence-corrected chi connectivity index (χ3v) is 7.64. The molecule has 8 nitrogen and oxygen atoms in total. The summed E-state index contributed by atoms with van der Waals surface area (Å²) >= 11 is 0. The highest BCUT2D eigenvalue weighted by atomic mass is 32.2. The molecule has 1 aromatic carbocycles. The third-order valence-electron chi connectivity index (χ3n) is 5.61. The van der Waals surface area contributed by atoms with Crippen LogP contribution in [0.25, 0.3) is 11.0 Å². The maximum Gasteiger partial charge on any atom is 0.336 e. The van der Waals surface area contributed by atoms with Gasteiger partial charge in [0.25, 0.3) is 10.2 Å². The van der Waals surface area contributed by atoms with E-state index in [0.29, 0.717) is 64.6 Å². The molecule has 0 spiro atoms. The van der Waals surface area contributed by atoms with Gasteiger partial charge in [0.15, 0.2) is 0 Å². The van der Waals surface area contributed by atoms with E-state index in [9.17, 15) is 13.2 Å². The van der Waals surface area contributed by atoms with Crippen LogP contribution in [-0.4, -0.2) is 74.4 Å². The molecule has 0 saturated carbocycles. The number of rotatable bonds is 4. The van der Waals surface area contributed by atoms with Crippen LogP contribution in [0.2, 0.25) is 0 Å². The first-order valence-electron chi connectivity index (χ1n) is 9.94. The van der Waals surface area contributed by atoms with E-state index in [0.717, 1.165) is 22.1 Å². The average Bonchev–Trinajstić information content (AvgIpc) is 2.70. The van der Waals surface area contributed by atoms with E-state index in [1.165, 1.54) is 4.31 Å². The summed E-state index contributed by atoms with van der Waals surface area (Å²) in [7, 11) is -3.44. The smallest absolute Gasteiger partial charge is 0.336 e. The van der Waals surface area contributed by atoms with Gasteiger partial charge in [0.2, 0.25) is 0 Å². The highest BCUT2D eigenvalue weighted by Gasteiger charge is 2.33. The zero-order valence-corrected chi connectivity index (χ0v) is 17.7. The fraction of sp³-hybridized carbons (Fsp3) is 0.550. The third kappa shape index (κ3) is 4.24. The van der Waals surface area contributed by atoms with Crippen molar-refractivity contribution in [2.45, 2.75) is 20.4 Å². The van der Waals surface area contributed by atoms with E-state index in [2.05, 4.69) is 4.90 Å². The number of piperazine rings is 1. The Balaban J connectivity index is 1.48. The predicted octanol–water partition coefficient (Wildman–Crippen LogP) is 1.10. The van der Waals surface area contributed by atoms with Crippen LogP contribution in [0.15, 0.2) is 27.4 Å². The van der Waals surface area contributed by atoms with Gasteiger partial charge in [0, 0.05) is 57.3 Å². The van der Waals surface area contributed by atoms with Crippen molar-refractivity contribution in [1.82, 2.24) is 13.5 Å². The van der Waals surface area contributed by atoms with Crippen molar-refractivity contribution in [2.75, 3.05) is 52.5 Å². The van der Waals surface area contributed by atoms with Gasteiger partial charge in [0.05, 0.1) is 13.2 Å². The van der Waals surface area contributed by atoms with E-state index < -0.39 is 10.2 Å². The molecule has 158 valence electrons. The maximum atomic E-state index is 12.8. The van der Waals surface area contributed by atoms with Crippen molar-refractivity contribution in [3.8, 4) is 0 Å². The van der Waals surface area contributed by atoms with Crippen molar-refractivity contribution in [3.63, 3.8) is 0 Å². The average molecular weight is 422 g/mol. The van der Waals surface area contributed by atoms with Crippen molar-refractivity contribution in [3.05, 3.63) is 45.3 Å². The van der Waals surface area contributed by atoms with E-state index >= 15 is 0 Å². The fourth-order valence-corrected chi connectivity index (χ4v) is 5.67. The van der Waals surface area contributed by atoms with Gasteiger partial charge in [-0.2, -0.15) is 17.0 Å². The molecule has 0 radical (unpaired) electrons. The molecular weight excluding hydrogens is 394 g/mol. The van der Waals surface area contributed by atoms with Crippen molar-refractivity contribution in [1.29, 1.82) is 0 Å². The van der Waals surface area contributed by atoms with Crippen LogP contribution >= 0.6 is 0 Å². The number of fused-ring (bicyclic) bond motifs is 1. The van der Waals surface area contributed by atoms with Crippen molar-refractivity contribution >= 4 is 21.2 Å². The van der Waals surface area contributed by atoms with Gasteiger partial charge in [-0.05, 0) is 36.6 Å². The van der Waals surface area contributed by atoms with Crippen LogP contribution in [0.3, 0.4) is 0 Å². The molecule has 9 heteroatoms. The Hall–Kier alpha value is -1.78. The number of hydrogen-bond acceptors (Lipinski definition) is 6. The Bertz CT molecular complexity index is 1050. The number of benzene rings is 1. The zero-order chi connectivity index (χ0) is 20.6. The molecule has 2 aliphatic heterocycles. The fourth-order valence-electron chi connectivity index (χ4n) is 4.11. The summed E-state index contributed by atoms with van der Waals surface area (Å²) in [6, 6.07) is 5.60. The summed E-state index contributed by atoms with van der Waals surface area (Å²) in [6.45, 7) is 8.40. The molecule has 29 heavy (non-hydrogen) atoms. The molecule has 4 rings (SSSR count). The second kappa shape index (κ2) is 8.16. The summed E-state index contributed by atoms with van der Waals surface area (Å²) in [5.74, 6) is 0. The lowest BCUT2D eigenvalue weighted by Crippen LogP contribution is -2.54. The molecule has 0 aliphatic carbocycles. The normalized spacial score (nSPS) is 20.3. The highest BCUT2D eigenvalue weighted by molar-refractivity contribution is 7.86. The minimum atomic E-state index is -3.44. The van der Waals surface area contributed by atoms with Crippen LogP contribution in [0.1, 0.15) is 16.7 Å². The molecule has 3 heterocycles. The first-order valence-corrected chi connectivity index (χ1v) is 11.3. The Kier molecular flexibility index (Phi) is 5.76. The first kappa shape index (κ1) is 20.5. The van der Waals surface area contributed by atoms with Gasteiger partial charge in [0.1, 0.15) is 5.58 Å². The second-order valence-corrected chi connectivity index (χ2v) is 9.67. The van der Waals surface area contributed by atoms with Gasteiger partial charge in [-0.1, -0.05) is 6.07 Å². The summed E-state index contributed by atoms with van der Waals surface area (Å²) in [4.78, 5) is 14.2. The largest absolute Gasteiger partial charge is 0.422 e. The Labute approximate surface area is 170 Å². The van der Waals surface area contributed by atoms with E-state index in [1.54, 1.807) is 10.4 Å². The molecular formula is C20H27N3O5S. The van der Waals surface area contributed by atoms with E-state index in [-0.39, 0.29) is 5.63 Å². The van der Waals surface area contributed by atoms with Crippen LogP contribution in [0, 0.1) is 13.8 Å². The molecule has 0 atom stereocenters. The Morgan fingerprint density at radius 2 is 1.59 bits per heavy atom. The molecule has 2 aliphatic rings. The summed E-state index contributed by atoms with van der Waals surface area (Å²) in [5, 5.41) is 0.950. The topological polar surface area (TPSA) is 83.3 Å². The van der Waals surface area contributed by atoms with Gasteiger partial charge in [-0.25, -0.2) is 4.79 Å². The molecule has 1 aromatic heterocycles. The van der Waals surface area contributed by atoms with Gasteiger partial charge < -0.3 is 9.15 Å². The van der Waals surface area contributed by atoms with Crippen molar-refractivity contribution in [2.24, 2.45) is 0 Å². The summed E-state index contributed by atoms with van der Waals surface area (Å²) in [5.41, 5.74) is 3.26. The van der Waals surface area contributed by atoms with Crippen LogP contribution in [0.5, 0.6) is 0 Å². The lowest BCUT2D eigenvalue weighted by molar-refractivity contribution is 0.0684. The quantitative estimate of drug-likeness (QED) is 0.688. The van der Waals surface area contributed by atoms with E-state index in [1.807, 2.05) is 26.0 Å². The van der Waals surface area contributed by atoms with Gasteiger partial charge >= 0.3 is 5.63 Å². The lowest BCUT2D eigenvalue weighted by atomic mass is 10.0.